The van der Waals surface area contributed by atoms with Crippen molar-refractivity contribution in [2.75, 3.05) is 39.0 Å². The lowest BCUT2D eigenvalue weighted by molar-refractivity contribution is 0.0200. The smallest absolute Gasteiger partial charge is 0.213 e. The topological polar surface area (TPSA) is 91.8 Å². The van der Waals surface area contributed by atoms with Crippen LogP contribution in [0.15, 0.2) is 16.6 Å². The zero-order chi connectivity index (χ0) is 18.7. The van der Waals surface area contributed by atoms with E-state index in [2.05, 4.69) is 26.4 Å². The van der Waals surface area contributed by atoms with Gasteiger partial charge in [-0.3, -0.25) is 4.99 Å². The van der Waals surface area contributed by atoms with Crippen molar-refractivity contribution in [1.82, 2.24) is 15.4 Å². The highest BCUT2D eigenvalue weighted by Gasteiger charge is 2.17. The molecule has 26 heavy (non-hydrogen) atoms. The molecule has 150 valence electrons. The van der Waals surface area contributed by atoms with Gasteiger partial charge in [0, 0.05) is 33.3 Å². The molecule has 0 aromatic rings. The summed E-state index contributed by atoms with van der Waals surface area (Å²) in [5.41, 5.74) is 1.51. The molecule has 2 aliphatic rings. The summed E-state index contributed by atoms with van der Waals surface area (Å²) in [6, 6.07) is 0. The quantitative estimate of drug-likeness (QED) is 0.318. The predicted octanol–water partition coefficient (Wildman–Crippen LogP) is 1.53. The number of guanidine groups is 1. The van der Waals surface area contributed by atoms with Crippen LogP contribution in [-0.2, 0) is 14.8 Å². The lowest BCUT2D eigenvalue weighted by atomic mass is 9.97. The van der Waals surface area contributed by atoms with Crippen LogP contribution in [-0.4, -0.2) is 59.5 Å². The minimum absolute atomic E-state index is 0.00927. The second kappa shape index (κ2) is 11.6. The number of hydrogen-bond donors (Lipinski definition) is 3. The van der Waals surface area contributed by atoms with Gasteiger partial charge in [0.15, 0.2) is 5.96 Å². The second-order valence-corrected chi connectivity index (χ2v) is 8.87. The minimum Gasteiger partial charge on any atom is -0.377 e. The number of sulfonamides is 1. The Hall–Kier alpha value is -1.12. The van der Waals surface area contributed by atoms with Crippen LogP contribution in [0, 0.1) is 0 Å². The Kier molecular flexibility index (Phi) is 9.42. The SMILES string of the molecule is CN=C(NCCC1=CCCCC1)NCCS(=O)(=O)NCC1CCCCO1. The van der Waals surface area contributed by atoms with Gasteiger partial charge < -0.3 is 15.4 Å². The lowest BCUT2D eigenvalue weighted by Gasteiger charge is -2.22. The summed E-state index contributed by atoms with van der Waals surface area (Å²) < 4.78 is 32.4. The van der Waals surface area contributed by atoms with Crippen LogP contribution >= 0.6 is 0 Å². The number of ether oxygens (including phenoxy) is 1. The van der Waals surface area contributed by atoms with E-state index in [1.807, 2.05) is 0 Å². The largest absolute Gasteiger partial charge is 0.377 e. The number of nitrogens with one attached hydrogen (secondary N) is 3. The van der Waals surface area contributed by atoms with Gasteiger partial charge in [-0.2, -0.15) is 0 Å². The summed E-state index contributed by atoms with van der Waals surface area (Å²) in [4.78, 5) is 4.15. The molecule has 1 heterocycles. The number of nitrogens with zero attached hydrogens (tertiary/aromatic N) is 1. The first-order valence-electron chi connectivity index (χ1n) is 9.80. The summed E-state index contributed by atoms with van der Waals surface area (Å²) in [5.74, 6) is 0.665. The standard InChI is InChI=1S/C18H34N4O3S/c1-19-18(20-11-10-16-7-3-2-4-8-16)21-12-14-26(23,24)22-15-17-9-5-6-13-25-17/h7,17,22H,2-6,8-15H2,1H3,(H2,19,20,21). The molecule has 0 amide bonds. The summed E-state index contributed by atoms with van der Waals surface area (Å²) in [6.07, 6.45) is 11.4. The van der Waals surface area contributed by atoms with Gasteiger partial charge in [0.25, 0.3) is 0 Å². The van der Waals surface area contributed by atoms with E-state index in [9.17, 15) is 8.42 Å². The van der Waals surface area contributed by atoms with E-state index in [-0.39, 0.29) is 11.9 Å². The zero-order valence-corrected chi connectivity index (χ0v) is 16.7. The van der Waals surface area contributed by atoms with Crippen LogP contribution in [0.25, 0.3) is 0 Å². The molecule has 0 saturated carbocycles. The van der Waals surface area contributed by atoms with Gasteiger partial charge in [0.1, 0.15) is 0 Å². The Balaban J connectivity index is 1.60. The molecular weight excluding hydrogens is 352 g/mol. The number of rotatable bonds is 9. The van der Waals surface area contributed by atoms with E-state index in [1.165, 1.54) is 31.3 Å². The summed E-state index contributed by atoms with van der Waals surface area (Å²) in [5, 5.41) is 6.32. The van der Waals surface area contributed by atoms with Gasteiger partial charge in [-0.15, -0.1) is 0 Å². The van der Waals surface area contributed by atoms with Crippen LogP contribution in [0.4, 0.5) is 0 Å². The van der Waals surface area contributed by atoms with E-state index in [0.29, 0.717) is 19.0 Å². The van der Waals surface area contributed by atoms with Gasteiger partial charge in [0.2, 0.25) is 10.0 Å². The van der Waals surface area contributed by atoms with Crippen molar-refractivity contribution >= 4 is 16.0 Å². The van der Waals surface area contributed by atoms with Crippen LogP contribution in [0.1, 0.15) is 51.4 Å². The highest BCUT2D eigenvalue weighted by atomic mass is 32.2. The first-order chi connectivity index (χ1) is 12.6. The van der Waals surface area contributed by atoms with Crippen molar-refractivity contribution in [2.24, 2.45) is 4.99 Å². The number of aliphatic imine (C=N–C) groups is 1. The van der Waals surface area contributed by atoms with Crippen LogP contribution in [0.2, 0.25) is 0 Å². The van der Waals surface area contributed by atoms with Gasteiger partial charge in [-0.25, -0.2) is 13.1 Å². The Labute approximate surface area is 158 Å². The lowest BCUT2D eigenvalue weighted by Crippen LogP contribution is -2.42. The fourth-order valence-electron chi connectivity index (χ4n) is 3.26. The maximum Gasteiger partial charge on any atom is 0.213 e. The molecular formula is C18H34N4O3S. The Morgan fingerprint density at radius 2 is 2.08 bits per heavy atom. The van der Waals surface area contributed by atoms with Crippen molar-refractivity contribution < 1.29 is 13.2 Å². The van der Waals surface area contributed by atoms with Gasteiger partial charge in [0.05, 0.1) is 11.9 Å². The zero-order valence-electron chi connectivity index (χ0n) is 15.9. The number of allylic oxidation sites excluding steroid dienone is 1. The molecule has 2 rings (SSSR count). The van der Waals surface area contributed by atoms with E-state index in [4.69, 9.17) is 4.74 Å². The van der Waals surface area contributed by atoms with Crippen molar-refractivity contribution in [3.8, 4) is 0 Å². The molecule has 0 aromatic carbocycles. The molecule has 0 spiro atoms. The van der Waals surface area contributed by atoms with E-state index < -0.39 is 10.0 Å². The maximum absolute atomic E-state index is 12.1. The summed E-state index contributed by atoms with van der Waals surface area (Å²) >= 11 is 0. The normalized spacial score (nSPS) is 22.0. The highest BCUT2D eigenvalue weighted by molar-refractivity contribution is 7.89. The molecule has 3 N–H and O–H groups in total. The van der Waals surface area contributed by atoms with Crippen molar-refractivity contribution in [3.63, 3.8) is 0 Å². The summed E-state index contributed by atoms with van der Waals surface area (Å²) in [7, 11) is -1.61. The fourth-order valence-corrected chi connectivity index (χ4v) is 4.21. The Bertz CT molecular complexity index is 569. The van der Waals surface area contributed by atoms with Gasteiger partial charge in [-0.05, 0) is 51.4 Å². The van der Waals surface area contributed by atoms with Crippen LogP contribution < -0.4 is 15.4 Å². The molecule has 0 aromatic heterocycles. The van der Waals surface area contributed by atoms with Crippen LogP contribution in [0.3, 0.4) is 0 Å². The molecule has 0 radical (unpaired) electrons. The van der Waals surface area contributed by atoms with Gasteiger partial charge in [-0.1, -0.05) is 11.6 Å². The van der Waals surface area contributed by atoms with E-state index in [0.717, 1.165) is 38.8 Å². The fraction of sp³-hybridized carbons (Fsp3) is 0.833. The molecule has 1 atom stereocenters. The van der Waals surface area contributed by atoms with Crippen molar-refractivity contribution in [3.05, 3.63) is 11.6 Å². The average Bonchev–Trinajstić information content (AvgIpc) is 2.67. The highest BCUT2D eigenvalue weighted by Crippen LogP contribution is 2.19. The first-order valence-corrected chi connectivity index (χ1v) is 11.5. The third-order valence-electron chi connectivity index (χ3n) is 4.82. The van der Waals surface area contributed by atoms with Crippen molar-refractivity contribution in [2.45, 2.75) is 57.5 Å². The maximum atomic E-state index is 12.1. The molecule has 1 aliphatic carbocycles. The predicted molar refractivity (Wildman–Crippen MR) is 106 cm³/mol. The summed E-state index contributed by atoms with van der Waals surface area (Å²) in [6.45, 7) is 2.23. The third-order valence-corrected chi connectivity index (χ3v) is 6.16. The number of hydrogen-bond acceptors (Lipinski definition) is 4. The van der Waals surface area contributed by atoms with Crippen LogP contribution in [0.5, 0.6) is 0 Å². The monoisotopic (exact) mass is 386 g/mol. The molecule has 1 fully saturated rings. The molecule has 1 saturated heterocycles. The third kappa shape index (κ3) is 8.51. The van der Waals surface area contributed by atoms with E-state index in [1.54, 1.807) is 7.05 Å². The second-order valence-electron chi connectivity index (χ2n) is 6.94. The average molecular weight is 387 g/mol. The van der Waals surface area contributed by atoms with E-state index >= 15 is 0 Å². The molecule has 1 aliphatic heterocycles. The van der Waals surface area contributed by atoms with Gasteiger partial charge >= 0.3 is 0 Å². The minimum atomic E-state index is -3.31. The molecule has 7 nitrogen and oxygen atoms in total. The molecule has 8 heteroatoms. The Morgan fingerprint density at radius 3 is 2.77 bits per heavy atom. The molecule has 1 unspecified atom stereocenters. The molecule has 0 bridgehead atoms. The Morgan fingerprint density at radius 1 is 1.23 bits per heavy atom. The first kappa shape index (κ1) is 21.2. The van der Waals surface area contributed by atoms with Crippen molar-refractivity contribution in [1.29, 1.82) is 0 Å².